The molecule has 0 unspecified atom stereocenters. The molecule has 176 valence electrons. The van der Waals surface area contributed by atoms with Crippen LogP contribution in [-0.4, -0.2) is 42.5 Å². The Kier molecular flexibility index (Phi) is 5.48. The molecule has 2 aliphatic rings. The van der Waals surface area contributed by atoms with Gasteiger partial charge in [-0.15, -0.1) is 0 Å². The molecule has 0 amide bonds. The van der Waals surface area contributed by atoms with Gasteiger partial charge in [-0.2, -0.15) is 0 Å². The van der Waals surface area contributed by atoms with Crippen molar-refractivity contribution in [3.05, 3.63) is 58.8 Å². The molecule has 2 aromatic carbocycles. The van der Waals surface area contributed by atoms with Crippen LogP contribution < -0.4 is 24.8 Å². The Labute approximate surface area is 195 Å². The lowest BCUT2D eigenvalue weighted by Crippen LogP contribution is -2.27. The van der Waals surface area contributed by atoms with Gasteiger partial charge in [0.2, 0.25) is 17.4 Å². The van der Waals surface area contributed by atoms with E-state index in [0.717, 1.165) is 17.0 Å². The fraction of sp³-hybridized carbons (Fsp3) is 0.292. The summed E-state index contributed by atoms with van der Waals surface area (Å²) in [6.07, 6.45) is 0.928. The van der Waals surface area contributed by atoms with Gasteiger partial charge in [-0.05, 0) is 58.0 Å². The fourth-order valence-corrected chi connectivity index (χ4v) is 4.54. The molecule has 1 aliphatic heterocycles. The van der Waals surface area contributed by atoms with Crippen LogP contribution in [0.4, 0.5) is 11.6 Å². The Balaban J connectivity index is 1.60. The van der Waals surface area contributed by atoms with Gasteiger partial charge in [0.1, 0.15) is 5.75 Å². The number of Topliss-reactive ketones (excluding diaryl/α,β-unsaturated/α-hetero) is 1. The molecule has 1 aromatic heterocycles. The SMILES string of the molecule is COc1ccc([C@@H]2CC(=O)C3=C(C2)Nc2nonc2N[C@H]3c2cc(OC)c(O)c(OC)c2)cc1. The summed E-state index contributed by atoms with van der Waals surface area (Å²) < 4.78 is 20.8. The van der Waals surface area contributed by atoms with Gasteiger partial charge in [-0.25, -0.2) is 4.63 Å². The van der Waals surface area contributed by atoms with E-state index in [4.69, 9.17) is 18.8 Å². The number of anilines is 2. The van der Waals surface area contributed by atoms with Gasteiger partial charge in [0.25, 0.3) is 0 Å². The Bertz CT molecular complexity index is 1240. The normalized spacial score (nSPS) is 19.3. The lowest BCUT2D eigenvalue weighted by molar-refractivity contribution is -0.116. The molecule has 2 atom stereocenters. The predicted octanol–water partition coefficient (Wildman–Crippen LogP) is 3.78. The van der Waals surface area contributed by atoms with Crippen LogP contribution in [0.25, 0.3) is 0 Å². The third kappa shape index (κ3) is 3.66. The summed E-state index contributed by atoms with van der Waals surface area (Å²) in [5, 5.41) is 24.8. The van der Waals surface area contributed by atoms with Gasteiger partial charge in [-0.3, -0.25) is 4.79 Å². The van der Waals surface area contributed by atoms with Crippen molar-refractivity contribution in [2.45, 2.75) is 24.8 Å². The molecule has 0 spiro atoms. The molecule has 0 saturated carbocycles. The van der Waals surface area contributed by atoms with Crippen molar-refractivity contribution in [3.8, 4) is 23.0 Å². The number of phenolic OH excluding ortho intramolecular Hbond substituents is 1. The van der Waals surface area contributed by atoms with E-state index in [0.29, 0.717) is 35.6 Å². The minimum Gasteiger partial charge on any atom is -0.502 e. The van der Waals surface area contributed by atoms with Crippen molar-refractivity contribution in [3.63, 3.8) is 0 Å². The van der Waals surface area contributed by atoms with Gasteiger partial charge < -0.3 is 30.0 Å². The molecule has 5 rings (SSSR count). The first-order chi connectivity index (χ1) is 16.5. The average Bonchev–Trinajstić information content (AvgIpc) is 3.22. The van der Waals surface area contributed by atoms with Gasteiger partial charge in [0.15, 0.2) is 17.3 Å². The molecule has 3 N–H and O–H groups in total. The van der Waals surface area contributed by atoms with E-state index in [9.17, 15) is 9.90 Å². The number of fused-ring (bicyclic) bond motifs is 1. The van der Waals surface area contributed by atoms with E-state index in [2.05, 4.69) is 20.9 Å². The van der Waals surface area contributed by atoms with E-state index >= 15 is 0 Å². The Morgan fingerprint density at radius 1 is 0.941 bits per heavy atom. The van der Waals surface area contributed by atoms with Crippen LogP contribution >= 0.6 is 0 Å². The molecular formula is C24H24N4O6. The summed E-state index contributed by atoms with van der Waals surface area (Å²) in [5.41, 5.74) is 3.00. The van der Waals surface area contributed by atoms with Crippen LogP contribution in [-0.2, 0) is 4.79 Å². The maximum atomic E-state index is 13.6. The van der Waals surface area contributed by atoms with E-state index in [-0.39, 0.29) is 28.9 Å². The number of rotatable bonds is 5. The number of carbonyl (C=O) groups is 1. The fourth-order valence-electron chi connectivity index (χ4n) is 4.54. The van der Waals surface area contributed by atoms with Crippen LogP contribution in [0.1, 0.15) is 35.9 Å². The lowest BCUT2D eigenvalue weighted by atomic mass is 9.78. The third-order valence-corrected chi connectivity index (χ3v) is 6.26. The standard InChI is InChI=1S/C24H24N4O6/c1-31-15-6-4-12(5-7-15)13-8-16-20(17(29)9-13)21(26-24-23(25-16)27-34-28-24)14-10-18(32-2)22(30)19(11-14)33-3/h4-7,10-11,13,21,30H,8-9H2,1-3H3,(H,25,27)(H,26,28)/t13-,21-/m0/s1. The van der Waals surface area contributed by atoms with E-state index in [1.807, 2.05) is 24.3 Å². The Morgan fingerprint density at radius 3 is 2.26 bits per heavy atom. The van der Waals surface area contributed by atoms with Crippen molar-refractivity contribution in [2.24, 2.45) is 0 Å². The zero-order chi connectivity index (χ0) is 23.8. The molecule has 0 saturated heterocycles. The van der Waals surface area contributed by atoms with Crippen molar-refractivity contribution >= 4 is 17.4 Å². The minimum absolute atomic E-state index is 0.0137. The second-order valence-corrected chi connectivity index (χ2v) is 8.13. The maximum Gasteiger partial charge on any atom is 0.219 e. The first-order valence-corrected chi connectivity index (χ1v) is 10.7. The monoisotopic (exact) mass is 464 g/mol. The van der Waals surface area contributed by atoms with Crippen LogP contribution in [0.2, 0.25) is 0 Å². The highest BCUT2D eigenvalue weighted by Gasteiger charge is 2.38. The molecule has 10 nitrogen and oxygen atoms in total. The molecular weight excluding hydrogens is 440 g/mol. The molecule has 0 bridgehead atoms. The first kappa shape index (κ1) is 21.6. The van der Waals surface area contributed by atoms with Crippen LogP contribution in [0, 0.1) is 0 Å². The largest absolute Gasteiger partial charge is 0.502 e. The number of aromatic nitrogens is 2. The topological polar surface area (TPSA) is 128 Å². The first-order valence-electron chi connectivity index (χ1n) is 10.7. The summed E-state index contributed by atoms with van der Waals surface area (Å²) in [6, 6.07) is 10.5. The number of nitrogens with one attached hydrogen (secondary N) is 2. The number of hydrogen-bond acceptors (Lipinski definition) is 10. The molecule has 2 heterocycles. The second-order valence-electron chi connectivity index (χ2n) is 8.13. The van der Waals surface area contributed by atoms with Crippen molar-refractivity contribution < 1.29 is 28.7 Å². The van der Waals surface area contributed by atoms with Crippen LogP contribution in [0.15, 0.2) is 52.3 Å². The van der Waals surface area contributed by atoms with Gasteiger partial charge in [-0.1, -0.05) is 12.1 Å². The lowest BCUT2D eigenvalue weighted by Gasteiger charge is -2.30. The Hall–Kier alpha value is -4.21. The number of allylic oxidation sites excluding steroid dienone is 1. The Morgan fingerprint density at radius 2 is 1.62 bits per heavy atom. The number of phenols is 1. The summed E-state index contributed by atoms with van der Waals surface area (Å²) in [4.78, 5) is 13.6. The number of benzene rings is 2. The molecule has 3 aromatic rings. The highest BCUT2D eigenvalue weighted by atomic mass is 16.6. The number of carbonyl (C=O) groups excluding carboxylic acids is 1. The minimum atomic E-state index is -0.594. The number of aromatic hydroxyl groups is 1. The van der Waals surface area contributed by atoms with Crippen molar-refractivity contribution in [1.29, 1.82) is 0 Å². The summed E-state index contributed by atoms with van der Waals surface area (Å²) >= 11 is 0. The number of ether oxygens (including phenoxy) is 3. The highest BCUT2D eigenvalue weighted by molar-refractivity contribution is 6.01. The molecule has 0 fully saturated rings. The van der Waals surface area contributed by atoms with Gasteiger partial charge in [0, 0.05) is 17.7 Å². The molecule has 0 radical (unpaired) electrons. The third-order valence-electron chi connectivity index (χ3n) is 6.26. The highest BCUT2D eigenvalue weighted by Crippen LogP contribution is 2.46. The summed E-state index contributed by atoms with van der Waals surface area (Å²) in [7, 11) is 4.53. The van der Waals surface area contributed by atoms with Crippen molar-refractivity contribution in [1.82, 2.24) is 10.3 Å². The van der Waals surface area contributed by atoms with E-state index < -0.39 is 6.04 Å². The van der Waals surface area contributed by atoms with E-state index in [1.165, 1.54) is 14.2 Å². The van der Waals surface area contributed by atoms with E-state index in [1.54, 1.807) is 19.2 Å². The number of methoxy groups -OCH3 is 3. The number of nitrogens with zero attached hydrogens (tertiary/aromatic N) is 2. The quantitative estimate of drug-likeness (QED) is 0.513. The summed E-state index contributed by atoms with van der Waals surface area (Å²) in [6.45, 7) is 0. The average molecular weight is 464 g/mol. The maximum absolute atomic E-state index is 13.6. The van der Waals surface area contributed by atoms with Gasteiger partial charge in [0.05, 0.1) is 27.4 Å². The number of hydrogen-bond donors (Lipinski definition) is 3. The zero-order valence-corrected chi connectivity index (χ0v) is 18.9. The molecule has 1 aliphatic carbocycles. The van der Waals surface area contributed by atoms with Crippen molar-refractivity contribution in [2.75, 3.05) is 32.0 Å². The predicted molar refractivity (Wildman–Crippen MR) is 122 cm³/mol. The molecule has 34 heavy (non-hydrogen) atoms. The summed E-state index contributed by atoms with van der Waals surface area (Å²) in [5.74, 6) is 1.84. The number of ketones is 1. The second kappa shape index (κ2) is 8.62. The zero-order valence-electron chi connectivity index (χ0n) is 18.9. The molecule has 10 heteroatoms. The van der Waals surface area contributed by atoms with Crippen LogP contribution in [0.3, 0.4) is 0 Å². The smallest absolute Gasteiger partial charge is 0.219 e. The van der Waals surface area contributed by atoms with Gasteiger partial charge >= 0.3 is 0 Å². The van der Waals surface area contributed by atoms with Crippen LogP contribution in [0.5, 0.6) is 23.0 Å².